The standard InChI is InChI=1S/C10H14FNO/c1-6-9(11)4-8(7(2)12)5-10(6)13-3/h4-5,7H,12H2,1-3H3. The van der Waals surface area contributed by atoms with Gasteiger partial charge in [0.05, 0.1) is 7.11 Å². The van der Waals surface area contributed by atoms with Crippen LogP contribution >= 0.6 is 0 Å². The van der Waals surface area contributed by atoms with Crippen LogP contribution in [0.1, 0.15) is 24.1 Å². The molecule has 0 bridgehead atoms. The Bertz CT molecular complexity index is 310. The van der Waals surface area contributed by atoms with Gasteiger partial charge in [-0.1, -0.05) is 0 Å². The van der Waals surface area contributed by atoms with Gasteiger partial charge in [0, 0.05) is 11.6 Å². The van der Waals surface area contributed by atoms with Crippen LogP contribution in [0, 0.1) is 12.7 Å². The first-order chi connectivity index (χ1) is 6.06. The second-order valence-electron chi connectivity index (χ2n) is 3.12. The van der Waals surface area contributed by atoms with E-state index in [1.165, 1.54) is 13.2 Å². The van der Waals surface area contributed by atoms with Gasteiger partial charge in [-0.15, -0.1) is 0 Å². The molecular weight excluding hydrogens is 169 g/mol. The molecular formula is C10H14FNO. The summed E-state index contributed by atoms with van der Waals surface area (Å²) in [5.74, 6) is 0.277. The van der Waals surface area contributed by atoms with Gasteiger partial charge in [0.15, 0.2) is 0 Å². The zero-order chi connectivity index (χ0) is 10.0. The molecule has 1 aromatic carbocycles. The van der Waals surface area contributed by atoms with Crippen molar-refractivity contribution in [1.29, 1.82) is 0 Å². The first kappa shape index (κ1) is 9.99. The topological polar surface area (TPSA) is 35.2 Å². The van der Waals surface area contributed by atoms with Gasteiger partial charge in [0.1, 0.15) is 11.6 Å². The van der Waals surface area contributed by atoms with Crippen molar-refractivity contribution in [2.75, 3.05) is 7.11 Å². The number of benzene rings is 1. The Balaban J connectivity index is 3.22. The molecule has 72 valence electrons. The lowest BCUT2D eigenvalue weighted by atomic mass is 10.1. The summed E-state index contributed by atoms with van der Waals surface area (Å²) in [5.41, 5.74) is 6.90. The van der Waals surface area contributed by atoms with Crippen molar-refractivity contribution in [3.8, 4) is 5.75 Å². The smallest absolute Gasteiger partial charge is 0.130 e. The van der Waals surface area contributed by atoms with E-state index < -0.39 is 0 Å². The Morgan fingerprint density at radius 3 is 2.54 bits per heavy atom. The molecule has 0 aliphatic rings. The quantitative estimate of drug-likeness (QED) is 0.762. The van der Waals surface area contributed by atoms with Crippen molar-refractivity contribution in [2.45, 2.75) is 19.9 Å². The van der Waals surface area contributed by atoms with Gasteiger partial charge in [0.2, 0.25) is 0 Å². The van der Waals surface area contributed by atoms with Gasteiger partial charge in [-0.05, 0) is 31.5 Å². The third-order valence-corrected chi connectivity index (χ3v) is 2.06. The van der Waals surface area contributed by atoms with Crippen LogP contribution in [0.2, 0.25) is 0 Å². The maximum absolute atomic E-state index is 13.3. The molecule has 3 heteroatoms. The van der Waals surface area contributed by atoms with Crippen molar-refractivity contribution >= 4 is 0 Å². The highest BCUT2D eigenvalue weighted by molar-refractivity contribution is 5.38. The molecule has 0 saturated heterocycles. The zero-order valence-corrected chi connectivity index (χ0v) is 8.10. The monoisotopic (exact) mass is 183 g/mol. The van der Waals surface area contributed by atoms with Gasteiger partial charge in [0.25, 0.3) is 0 Å². The van der Waals surface area contributed by atoms with Gasteiger partial charge >= 0.3 is 0 Å². The lowest BCUT2D eigenvalue weighted by molar-refractivity contribution is 0.406. The van der Waals surface area contributed by atoms with Crippen LogP contribution in [0.15, 0.2) is 12.1 Å². The zero-order valence-electron chi connectivity index (χ0n) is 8.10. The number of halogens is 1. The van der Waals surface area contributed by atoms with E-state index in [1.54, 1.807) is 13.0 Å². The highest BCUT2D eigenvalue weighted by Crippen LogP contribution is 2.24. The molecule has 0 aromatic heterocycles. The van der Waals surface area contributed by atoms with E-state index in [9.17, 15) is 4.39 Å². The maximum Gasteiger partial charge on any atom is 0.130 e. The average Bonchev–Trinajstić information content (AvgIpc) is 2.09. The fraction of sp³-hybridized carbons (Fsp3) is 0.400. The Morgan fingerprint density at radius 2 is 2.08 bits per heavy atom. The largest absolute Gasteiger partial charge is 0.496 e. The summed E-state index contributed by atoms with van der Waals surface area (Å²) >= 11 is 0. The molecule has 0 saturated carbocycles. The molecule has 1 atom stereocenters. The van der Waals surface area contributed by atoms with Gasteiger partial charge in [-0.3, -0.25) is 0 Å². The molecule has 0 heterocycles. The maximum atomic E-state index is 13.3. The van der Waals surface area contributed by atoms with Crippen molar-refractivity contribution in [3.63, 3.8) is 0 Å². The van der Waals surface area contributed by atoms with Gasteiger partial charge < -0.3 is 10.5 Å². The summed E-state index contributed by atoms with van der Waals surface area (Å²) in [6, 6.07) is 3.04. The summed E-state index contributed by atoms with van der Waals surface area (Å²) in [6.07, 6.45) is 0. The van der Waals surface area contributed by atoms with Gasteiger partial charge in [-0.2, -0.15) is 0 Å². The first-order valence-electron chi connectivity index (χ1n) is 4.16. The fourth-order valence-corrected chi connectivity index (χ4v) is 1.15. The fourth-order valence-electron chi connectivity index (χ4n) is 1.15. The molecule has 0 amide bonds. The van der Waals surface area contributed by atoms with E-state index >= 15 is 0 Å². The Hall–Kier alpha value is -1.09. The van der Waals surface area contributed by atoms with E-state index in [-0.39, 0.29) is 11.9 Å². The Kier molecular flexibility index (Phi) is 2.88. The predicted molar refractivity (Wildman–Crippen MR) is 50.3 cm³/mol. The summed E-state index contributed by atoms with van der Waals surface area (Å²) < 4.78 is 18.3. The van der Waals surface area contributed by atoms with E-state index in [4.69, 9.17) is 10.5 Å². The summed E-state index contributed by atoms with van der Waals surface area (Å²) in [4.78, 5) is 0. The van der Waals surface area contributed by atoms with Crippen molar-refractivity contribution in [2.24, 2.45) is 5.73 Å². The van der Waals surface area contributed by atoms with Crippen molar-refractivity contribution < 1.29 is 9.13 Å². The van der Waals surface area contributed by atoms with Crippen LogP contribution in [-0.2, 0) is 0 Å². The van der Waals surface area contributed by atoms with Crippen LogP contribution in [0.4, 0.5) is 4.39 Å². The molecule has 0 radical (unpaired) electrons. The molecule has 2 N–H and O–H groups in total. The number of rotatable bonds is 2. The van der Waals surface area contributed by atoms with Crippen LogP contribution in [0.25, 0.3) is 0 Å². The average molecular weight is 183 g/mol. The normalized spacial score (nSPS) is 12.7. The van der Waals surface area contributed by atoms with E-state index in [2.05, 4.69) is 0 Å². The number of ether oxygens (including phenoxy) is 1. The van der Waals surface area contributed by atoms with Crippen molar-refractivity contribution in [3.05, 3.63) is 29.1 Å². The third-order valence-electron chi connectivity index (χ3n) is 2.06. The van der Waals surface area contributed by atoms with Crippen LogP contribution in [-0.4, -0.2) is 7.11 Å². The molecule has 0 fully saturated rings. The first-order valence-corrected chi connectivity index (χ1v) is 4.16. The van der Waals surface area contributed by atoms with Gasteiger partial charge in [-0.25, -0.2) is 4.39 Å². The minimum absolute atomic E-state index is 0.177. The SMILES string of the molecule is COc1cc(C(C)N)cc(F)c1C. The molecule has 1 unspecified atom stereocenters. The minimum atomic E-state index is -0.272. The Labute approximate surface area is 77.5 Å². The van der Waals surface area contributed by atoms with E-state index in [0.29, 0.717) is 11.3 Å². The second kappa shape index (κ2) is 3.75. The molecule has 0 aliphatic carbocycles. The Morgan fingerprint density at radius 1 is 1.46 bits per heavy atom. The molecule has 0 aliphatic heterocycles. The molecule has 1 rings (SSSR count). The predicted octanol–water partition coefficient (Wildman–Crippen LogP) is 2.16. The molecule has 0 spiro atoms. The number of hydrogen-bond donors (Lipinski definition) is 1. The highest BCUT2D eigenvalue weighted by Gasteiger charge is 2.09. The minimum Gasteiger partial charge on any atom is -0.496 e. The summed E-state index contributed by atoms with van der Waals surface area (Å²) in [5, 5.41) is 0. The third kappa shape index (κ3) is 1.98. The van der Waals surface area contributed by atoms with Crippen molar-refractivity contribution in [1.82, 2.24) is 0 Å². The van der Waals surface area contributed by atoms with Crippen LogP contribution < -0.4 is 10.5 Å². The summed E-state index contributed by atoms with van der Waals surface area (Å²) in [7, 11) is 1.52. The van der Waals surface area contributed by atoms with E-state index in [0.717, 1.165) is 5.56 Å². The molecule has 1 aromatic rings. The van der Waals surface area contributed by atoms with E-state index in [1.807, 2.05) is 6.92 Å². The number of methoxy groups -OCH3 is 1. The molecule has 2 nitrogen and oxygen atoms in total. The number of nitrogens with two attached hydrogens (primary N) is 1. The summed E-state index contributed by atoms with van der Waals surface area (Å²) in [6.45, 7) is 3.49. The van der Waals surface area contributed by atoms with Crippen LogP contribution in [0.5, 0.6) is 5.75 Å². The number of hydrogen-bond acceptors (Lipinski definition) is 2. The second-order valence-corrected chi connectivity index (χ2v) is 3.12. The molecule has 13 heavy (non-hydrogen) atoms. The highest BCUT2D eigenvalue weighted by atomic mass is 19.1. The lowest BCUT2D eigenvalue weighted by Gasteiger charge is -2.11. The lowest BCUT2D eigenvalue weighted by Crippen LogP contribution is -2.06. The van der Waals surface area contributed by atoms with Crippen LogP contribution in [0.3, 0.4) is 0 Å².